The molecule has 0 aliphatic heterocycles. The Hall–Kier alpha value is -2.03. The number of carbonyl (C=O) groups is 1. The molecule has 0 N–H and O–H groups in total. The number of hydrogen-bond donors (Lipinski definition) is 0. The van der Waals surface area contributed by atoms with E-state index in [1.807, 2.05) is 35.0 Å². The fourth-order valence-corrected chi connectivity index (χ4v) is 2.32. The maximum atomic E-state index is 12.4. The van der Waals surface area contributed by atoms with Gasteiger partial charge in [0.05, 0.1) is 0 Å². The van der Waals surface area contributed by atoms with Crippen LogP contribution >= 0.6 is 23.2 Å². The van der Waals surface area contributed by atoms with Crippen LogP contribution in [0.4, 0.5) is 0 Å². The number of halogens is 2. The third-order valence-corrected chi connectivity index (χ3v) is 3.69. The molecule has 0 saturated heterocycles. The van der Waals surface area contributed by atoms with Crippen molar-refractivity contribution in [2.24, 2.45) is 0 Å². The lowest BCUT2D eigenvalue weighted by Gasteiger charge is -2.02. The first kappa shape index (κ1) is 13.9. The summed E-state index contributed by atoms with van der Waals surface area (Å²) in [6, 6.07) is 16.1. The van der Waals surface area contributed by atoms with Gasteiger partial charge in [-0.3, -0.25) is 4.79 Å². The first-order valence-electron chi connectivity index (χ1n) is 6.38. The summed E-state index contributed by atoms with van der Waals surface area (Å²) >= 11 is 11.7. The highest BCUT2D eigenvalue weighted by molar-refractivity contribution is 6.31. The van der Waals surface area contributed by atoms with Crippen molar-refractivity contribution in [2.75, 3.05) is 0 Å². The van der Waals surface area contributed by atoms with E-state index in [0.29, 0.717) is 21.2 Å². The highest BCUT2D eigenvalue weighted by atomic mass is 35.5. The lowest BCUT2D eigenvalue weighted by Crippen LogP contribution is -1.99. The molecule has 0 saturated carbocycles. The van der Waals surface area contributed by atoms with Crippen molar-refractivity contribution >= 4 is 29.0 Å². The Morgan fingerprint density at radius 1 is 0.762 bits per heavy atom. The third-order valence-electron chi connectivity index (χ3n) is 3.19. The minimum absolute atomic E-state index is 0.0284. The molecule has 3 aromatic rings. The second kappa shape index (κ2) is 5.76. The summed E-state index contributed by atoms with van der Waals surface area (Å²) in [7, 11) is 0. The predicted molar refractivity (Wildman–Crippen MR) is 85.7 cm³/mol. The molecule has 0 spiro atoms. The van der Waals surface area contributed by atoms with Crippen LogP contribution in [0.15, 0.2) is 67.0 Å². The second-order valence-corrected chi connectivity index (χ2v) is 5.49. The van der Waals surface area contributed by atoms with Gasteiger partial charge in [0, 0.05) is 39.3 Å². The molecule has 0 atom stereocenters. The molecule has 1 aromatic heterocycles. The van der Waals surface area contributed by atoms with Crippen LogP contribution in [0.3, 0.4) is 0 Å². The monoisotopic (exact) mass is 315 g/mol. The highest BCUT2D eigenvalue weighted by Gasteiger charge is 2.10. The van der Waals surface area contributed by atoms with Gasteiger partial charge in [-0.05, 0) is 54.6 Å². The van der Waals surface area contributed by atoms with E-state index in [1.54, 1.807) is 36.5 Å². The lowest BCUT2D eigenvalue weighted by molar-refractivity contribution is 0.103. The van der Waals surface area contributed by atoms with E-state index in [2.05, 4.69) is 0 Å². The van der Waals surface area contributed by atoms with Crippen molar-refractivity contribution in [2.45, 2.75) is 0 Å². The topological polar surface area (TPSA) is 22.0 Å². The molecular weight excluding hydrogens is 305 g/mol. The van der Waals surface area contributed by atoms with Gasteiger partial charge in [0.1, 0.15) is 0 Å². The van der Waals surface area contributed by atoms with E-state index in [4.69, 9.17) is 23.2 Å². The van der Waals surface area contributed by atoms with E-state index < -0.39 is 0 Å². The standard InChI is InChI=1S/C17H11Cl2NO/c18-14-3-1-12(2-4-14)17(21)13-9-10-20(11-13)16-7-5-15(19)6-8-16/h1-11H. The Balaban J connectivity index is 1.89. The summed E-state index contributed by atoms with van der Waals surface area (Å²) in [6.45, 7) is 0. The molecule has 1 heterocycles. The number of nitrogens with zero attached hydrogens (tertiary/aromatic N) is 1. The van der Waals surface area contributed by atoms with Crippen molar-refractivity contribution in [3.8, 4) is 5.69 Å². The number of ketones is 1. The van der Waals surface area contributed by atoms with Gasteiger partial charge in [0.15, 0.2) is 5.78 Å². The molecule has 21 heavy (non-hydrogen) atoms. The third kappa shape index (κ3) is 3.02. The summed E-state index contributed by atoms with van der Waals surface area (Å²) in [6.07, 6.45) is 3.66. The highest BCUT2D eigenvalue weighted by Crippen LogP contribution is 2.18. The summed E-state index contributed by atoms with van der Waals surface area (Å²) in [5.41, 5.74) is 2.20. The molecule has 4 heteroatoms. The first-order chi connectivity index (χ1) is 10.1. The minimum atomic E-state index is -0.0284. The van der Waals surface area contributed by atoms with Crippen molar-refractivity contribution < 1.29 is 4.79 Å². The van der Waals surface area contributed by atoms with Crippen LogP contribution < -0.4 is 0 Å². The number of carbonyl (C=O) groups excluding carboxylic acids is 1. The van der Waals surface area contributed by atoms with Crippen LogP contribution in [0.5, 0.6) is 0 Å². The van der Waals surface area contributed by atoms with Gasteiger partial charge in [0.2, 0.25) is 0 Å². The molecule has 0 fully saturated rings. The maximum absolute atomic E-state index is 12.4. The summed E-state index contributed by atoms with van der Waals surface area (Å²) in [5.74, 6) is -0.0284. The Bertz CT molecular complexity index is 773. The molecule has 0 aliphatic carbocycles. The van der Waals surface area contributed by atoms with Crippen LogP contribution in [-0.2, 0) is 0 Å². The van der Waals surface area contributed by atoms with Gasteiger partial charge in [-0.15, -0.1) is 0 Å². The molecular formula is C17H11Cl2NO. The van der Waals surface area contributed by atoms with Crippen molar-refractivity contribution in [3.05, 3.63) is 88.2 Å². The van der Waals surface area contributed by atoms with Crippen LogP contribution in [0.2, 0.25) is 10.0 Å². The molecule has 0 unspecified atom stereocenters. The molecule has 0 radical (unpaired) electrons. The first-order valence-corrected chi connectivity index (χ1v) is 7.13. The van der Waals surface area contributed by atoms with Crippen LogP contribution in [0.1, 0.15) is 15.9 Å². The number of rotatable bonds is 3. The van der Waals surface area contributed by atoms with E-state index in [0.717, 1.165) is 5.69 Å². The quantitative estimate of drug-likeness (QED) is 0.622. The van der Waals surface area contributed by atoms with Gasteiger partial charge in [-0.1, -0.05) is 23.2 Å². The summed E-state index contributed by atoms with van der Waals surface area (Å²) < 4.78 is 1.89. The van der Waals surface area contributed by atoms with E-state index >= 15 is 0 Å². The summed E-state index contributed by atoms with van der Waals surface area (Å²) in [5, 5.41) is 1.30. The summed E-state index contributed by atoms with van der Waals surface area (Å²) in [4.78, 5) is 12.4. The average molecular weight is 316 g/mol. The van der Waals surface area contributed by atoms with Crippen LogP contribution in [0, 0.1) is 0 Å². The van der Waals surface area contributed by atoms with Gasteiger partial charge in [-0.2, -0.15) is 0 Å². The molecule has 0 amide bonds. The van der Waals surface area contributed by atoms with Gasteiger partial charge in [0.25, 0.3) is 0 Å². The fourth-order valence-electron chi connectivity index (χ4n) is 2.07. The van der Waals surface area contributed by atoms with Crippen molar-refractivity contribution in [3.63, 3.8) is 0 Å². The zero-order valence-electron chi connectivity index (χ0n) is 11.0. The lowest BCUT2D eigenvalue weighted by atomic mass is 10.1. The number of benzene rings is 2. The Morgan fingerprint density at radius 2 is 1.33 bits per heavy atom. The molecule has 0 bridgehead atoms. The zero-order chi connectivity index (χ0) is 14.8. The van der Waals surface area contributed by atoms with E-state index in [1.165, 1.54) is 0 Å². The number of aromatic nitrogens is 1. The second-order valence-electron chi connectivity index (χ2n) is 4.62. The van der Waals surface area contributed by atoms with Gasteiger partial charge in [-0.25, -0.2) is 0 Å². The van der Waals surface area contributed by atoms with Crippen molar-refractivity contribution in [1.82, 2.24) is 4.57 Å². The van der Waals surface area contributed by atoms with Crippen LogP contribution in [-0.4, -0.2) is 10.4 Å². The maximum Gasteiger partial charge on any atom is 0.194 e. The Labute approximate surface area is 132 Å². The van der Waals surface area contributed by atoms with Crippen molar-refractivity contribution in [1.29, 1.82) is 0 Å². The van der Waals surface area contributed by atoms with Gasteiger partial charge < -0.3 is 4.57 Å². The Morgan fingerprint density at radius 3 is 1.95 bits per heavy atom. The molecule has 2 nitrogen and oxygen atoms in total. The molecule has 0 aliphatic rings. The largest absolute Gasteiger partial charge is 0.323 e. The molecule has 3 rings (SSSR count). The smallest absolute Gasteiger partial charge is 0.194 e. The van der Waals surface area contributed by atoms with Crippen LogP contribution in [0.25, 0.3) is 5.69 Å². The molecule has 2 aromatic carbocycles. The average Bonchev–Trinajstić information content (AvgIpc) is 2.98. The van der Waals surface area contributed by atoms with E-state index in [9.17, 15) is 4.79 Å². The molecule has 104 valence electrons. The predicted octanol–water partition coefficient (Wildman–Crippen LogP) is 5.02. The zero-order valence-corrected chi connectivity index (χ0v) is 12.5. The van der Waals surface area contributed by atoms with E-state index in [-0.39, 0.29) is 5.78 Å². The SMILES string of the molecule is O=C(c1ccc(Cl)cc1)c1ccn(-c2ccc(Cl)cc2)c1. The Kier molecular flexibility index (Phi) is 3.82. The number of hydrogen-bond acceptors (Lipinski definition) is 1. The fraction of sp³-hybridized carbons (Fsp3) is 0. The normalized spacial score (nSPS) is 10.6. The van der Waals surface area contributed by atoms with Gasteiger partial charge >= 0.3 is 0 Å². The minimum Gasteiger partial charge on any atom is -0.323 e.